The molecule has 0 radical (unpaired) electrons. The molecule has 1 aromatic carbocycles. The summed E-state index contributed by atoms with van der Waals surface area (Å²) in [5.74, 6) is -0.219. The summed E-state index contributed by atoms with van der Waals surface area (Å²) in [6.45, 7) is 3.85. The highest BCUT2D eigenvalue weighted by atomic mass is 16.5. The second-order valence-corrected chi connectivity index (χ2v) is 7.31. The molecule has 1 fully saturated rings. The summed E-state index contributed by atoms with van der Waals surface area (Å²) in [6, 6.07) is 9.69. The molecule has 144 valence electrons. The lowest BCUT2D eigenvalue weighted by atomic mass is 9.72. The number of fused-ring (bicyclic) bond motifs is 1. The van der Waals surface area contributed by atoms with Crippen molar-refractivity contribution in [1.82, 2.24) is 4.98 Å². The Hall–Kier alpha value is -2.24. The molecule has 0 spiro atoms. The van der Waals surface area contributed by atoms with Crippen LogP contribution in [0.2, 0.25) is 0 Å². The normalized spacial score (nSPS) is 24.2. The van der Waals surface area contributed by atoms with Crippen molar-refractivity contribution < 1.29 is 19.7 Å². The van der Waals surface area contributed by atoms with Crippen LogP contribution < -0.4 is 0 Å². The van der Waals surface area contributed by atoms with E-state index in [1.807, 2.05) is 49.4 Å². The minimum atomic E-state index is -0.681. The zero-order valence-corrected chi connectivity index (χ0v) is 15.9. The van der Waals surface area contributed by atoms with Gasteiger partial charge in [-0.3, -0.25) is 9.78 Å². The lowest BCUT2D eigenvalue weighted by Gasteiger charge is -2.34. The first-order valence-electron chi connectivity index (χ1n) is 9.57. The zero-order valence-electron chi connectivity index (χ0n) is 15.9. The van der Waals surface area contributed by atoms with Gasteiger partial charge in [0.2, 0.25) is 0 Å². The predicted molar refractivity (Wildman–Crippen MR) is 105 cm³/mol. The number of esters is 1. The van der Waals surface area contributed by atoms with Crippen LogP contribution in [0.25, 0.3) is 17.0 Å². The summed E-state index contributed by atoms with van der Waals surface area (Å²) in [4.78, 5) is 17.1. The van der Waals surface area contributed by atoms with E-state index in [1.165, 1.54) is 0 Å². The van der Waals surface area contributed by atoms with E-state index in [0.29, 0.717) is 38.0 Å². The van der Waals surface area contributed by atoms with Gasteiger partial charge in [0.05, 0.1) is 35.4 Å². The molecule has 2 aromatic rings. The van der Waals surface area contributed by atoms with Crippen molar-refractivity contribution in [3.8, 4) is 0 Å². The third kappa shape index (κ3) is 4.37. The van der Waals surface area contributed by atoms with Gasteiger partial charge in [0.25, 0.3) is 0 Å². The number of pyridine rings is 1. The topological polar surface area (TPSA) is 79.7 Å². The van der Waals surface area contributed by atoms with Gasteiger partial charge < -0.3 is 14.9 Å². The van der Waals surface area contributed by atoms with Gasteiger partial charge in [0.1, 0.15) is 0 Å². The highest BCUT2D eigenvalue weighted by Crippen LogP contribution is 2.39. The largest absolute Gasteiger partial charge is 0.465 e. The van der Waals surface area contributed by atoms with Crippen LogP contribution in [0.5, 0.6) is 0 Å². The van der Waals surface area contributed by atoms with E-state index in [-0.39, 0.29) is 12.1 Å². The summed E-state index contributed by atoms with van der Waals surface area (Å²) in [5.41, 5.74) is 1.69. The number of carbonyl (C=O) groups excluding carboxylic acids is 1. The molecule has 1 atom stereocenters. The van der Waals surface area contributed by atoms with Crippen molar-refractivity contribution in [1.29, 1.82) is 0 Å². The minimum Gasteiger partial charge on any atom is -0.465 e. The molecular formula is C22H27NO4. The second-order valence-electron chi connectivity index (χ2n) is 7.31. The molecule has 5 nitrogen and oxygen atoms in total. The van der Waals surface area contributed by atoms with Gasteiger partial charge in [0.15, 0.2) is 0 Å². The Labute approximate surface area is 159 Å². The third-order valence-electron chi connectivity index (χ3n) is 5.29. The van der Waals surface area contributed by atoms with Crippen LogP contribution in [0.15, 0.2) is 36.4 Å². The average Bonchev–Trinajstić information content (AvgIpc) is 2.67. The van der Waals surface area contributed by atoms with Gasteiger partial charge in [-0.25, -0.2) is 0 Å². The molecule has 0 amide bonds. The van der Waals surface area contributed by atoms with Crippen LogP contribution in [-0.4, -0.2) is 33.9 Å². The molecular weight excluding hydrogens is 342 g/mol. The molecule has 1 heterocycles. The third-order valence-corrected chi connectivity index (χ3v) is 5.29. The number of hydrogen-bond donors (Lipinski definition) is 2. The van der Waals surface area contributed by atoms with E-state index in [0.717, 1.165) is 16.5 Å². The highest BCUT2D eigenvalue weighted by molar-refractivity contribution is 5.83. The van der Waals surface area contributed by atoms with E-state index in [1.54, 1.807) is 6.92 Å². The van der Waals surface area contributed by atoms with Gasteiger partial charge >= 0.3 is 5.97 Å². The highest BCUT2D eigenvalue weighted by Gasteiger charge is 2.40. The first-order valence-corrected chi connectivity index (χ1v) is 9.57. The van der Waals surface area contributed by atoms with Gasteiger partial charge in [-0.1, -0.05) is 30.4 Å². The Balaban J connectivity index is 1.90. The predicted octanol–water partition coefficient (Wildman–Crippen LogP) is 3.79. The molecule has 3 rings (SSSR count). The maximum atomic E-state index is 12.6. The van der Waals surface area contributed by atoms with Gasteiger partial charge in [-0.15, -0.1) is 0 Å². The maximum Gasteiger partial charge on any atom is 0.315 e. The summed E-state index contributed by atoms with van der Waals surface area (Å²) >= 11 is 0. The number of benzene rings is 1. The maximum absolute atomic E-state index is 12.6. The average molecular weight is 369 g/mol. The summed E-state index contributed by atoms with van der Waals surface area (Å²) in [7, 11) is 0. The summed E-state index contributed by atoms with van der Waals surface area (Å²) < 4.78 is 5.31. The molecule has 1 aliphatic carbocycles. The van der Waals surface area contributed by atoms with Gasteiger partial charge in [0, 0.05) is 5.39 Å². The zero-order chi connectivity index (χ0) is 19.4. The number of carbonyl (C=O) groups is 1. The van der Waals surface area contributed by atoms with Crippen molar-refractivity contribution in [3.05, 3.63) is 47.7 Å². The standard InChI is InChI=1S/C22H27NO4/c1-3-27-21(26)22(12-9-18(25)10-13-22)11-8-16-4-5-17-6-7-19(15(2)24)23-20(17)14-16/h4-8,11,14-15,18,24-25H,3,9-10,12-13H2,1-2H3. The monoisotopic (exact) mass is 369 g/mol. The Morgan fingerprint density at radius 2 is 2.04 bits per heavy atom. The van der Waals surface area contributed by atoms with Crippen LogP contribution in [0.4, 0.5) is 0 Å². The van der Waals surface area contributed by atoms with E-state index >= 15 is 0 Å². The van der Waals surface area contributed by atoms with Crippen LogP contribution in [-0.2, 0) is 9.53 Å². The second kappa shape index (κ2) is 8.19. The molecule has 1 saturated carbocycles. The molecule has 0 aliphatic heterocycles. The number of rotatable bonds is 5. The van der Waals surface area contributed by atoms with Crippen LogP contribution in [0.1, 0.15) is 56.9 Å². The van der Waals surface area contributed by atoms with Crippen molar-refractivity contribution in [2.45, 2.75) is 51.7 Å². The molecule has 1 aliphatic rings. The van der Waals surface area contributed by atoms with Gasteiger partial charge in [-0.05, 0) is 57.2 Å². The molecule has 27 heavy (non-hydrogen) atoms. The van der Waals surface area contributed by atoms with E-state index in [9.17, 15) is 15.0 Å². The fraction of sp³-hybridized carbons (Fsp3) is 0.455. The van der Waals surface area contributed by atoms with Crippen LogP contribution >= 0.6 is 0 Å². The molecule has 0 bridgehead atoms. The summed E-state index contributed by atoms with van der Waals surface area (Å²) in [5, 5.41) is 20.6. The molecule has 0 saturated heterocycles. The lowest BCUT2D eigenvalue weighted by Crippen LogP contribution is -2.36. The minimum absolute atomic E-state index is 0.219. The quantitative estimate of drug-likeness (QED) is 0.784. The van der Waals surface area contributed by atoms with Crippen molar-refractivity contribution in [3.63, 3.8) is 0 Å². The number of hydrogen-bond acceptors (Lipinski definition) is 5. The molecule has 2 N–H and O–H groups in total. The van der Waals surface area contributed by atoms with Crippen LogP contribution in [0.3, 0.4) is 0 Å². The van der Waals surface area contributed by atoms with E-state index in [2.05, 4.69) is 4.98 Å². The Morgan fingerprint density at radius 3 is 2.70 bits per heavy atom. The Kier molecular flexibility index (Phi) is 5.92. The summed E-state index contributed by atoms with van der Waals surface area (Å²) in [6.07, 6.45) is 5.27. The SMILES string of the molecule is CCOC(=O)C1(C=Cc2ccc3ccc(C(C)O)nc3c2)CCC(O)CC1. The van der Waals surface area contributed by atoms with Gasteiger partial charge in [-0.2, -0.15) is 0 Å². The molecule has 5 heteroatoms. The van der Waals surface area contributed by atoms with Crippen LogP contribution in [0, 0.1) is 5.41 Å². The van der Waals surface area contributed by atoms with E-state index in [4.69, 9.17) is 4.74 Å². The molecule has 1 aromatic heterocycles. The number of aliphatic hydroxyl groups is 2. The lowest BCUT2D eigenvalue weighted by molar-refractivity contribution is -0.155. The molecule has 1 unspecified atom stereocenters. The smallest absolute Gasteiger partial charge is 0.315 e. The fourth-order valence-corrected chi connectivity index (χ4v) is 3.57. The first kappa shape index (κ1) is 19.5. The van der Waals surface area contributed by atoms with Crippen molar-refractivity contribution in [2.75, 3.05) is 6.61 Å². The van der Waals surface area contributed by atoms with Crippen molar-refractivity contribution >= 4 is 22.9 Å². The number of ether oxygens (including phenoxy) is 1. The Morgan fingerprint density at radius 1 is 1.33 bits per heavy atom. The number of aliphatic hydroxyl groups excluding tert-OH is 2. The number of nitrogens with zero attached hydrogens (tertiary/aromatic N) is 1. The Bertz CT molecular complexity index is 835. The fourth-order valence-electron chi connectivity index (χ4n) is 3.57. The first-order chi connectivity index (χ1) is 12.9. The van der Waals surface area contributed by atoms with Crippen molar-refractivity contribution in [2.24, 2.45) is 5.41 Å². The number of aromatic nitrogens is 1. The van der Waals surface area contributed by atoms with E-state index < -0.39 is 11.5 Å².